The Bertz CT molecular complexity index is 931. The van der Waals surface area contributed by atoms with E-state index < -0.39 is 5.97 Å². The Kier molecular flexibility index (Phi) is 5.53. The van der Waals surface area contributed by atoms with E-state index in [2.05, 4.69) is 5.32 Å². The number of hydrogen-bond donors (Lipinski definition) is 1. The molecule has 134 valence electrons. The number of amides is 1. The Morgan fingerprint density at radius 2 is 1.81 bits per heavy atom. The first-order chi connectivity index (χ1) is 12.6. The molecule has 0 saturated heterocycles. The first-order valence-corrected chi connectivity index (χ1v) is 9.05. The molecule has 0 saturated carbocycles. The van der Waals surface area contributed by atoms with Crippen molar-refractivity contribution >= 4 is 39.0 Å². The van der Waals surface area contributed by atoms with E-state index in [9.17, 15) is 9.59 Å². The molecule has 0 aliphatic rings. The normalized spacial score (nSPS) is 10.5. The minimum atomic E-state index is -0.456. The van der Waals surface area contributed by atoms with Gasteiger partial charge in [-0.2, -0.15) is 0 Å². The summed E-state index contributed by atoms with van der Waals surface area (Å²) < 4.78 is 11.2. The molecule has 26 heavy (non-hydrogen) atoms. The van der Waals surface area contributed by atoms with Gasteiger partial charge in [-0.25, -0.2) is 4.79 Å². The Morgan fingerprint density at radius 1 is 1.08 bits per heavy atom. The van der Waals surface area contributed by atoms with Gasteiger partial charge in [-0.3, -0.25) is 4.79 Å². The number of carbonyl (C=O) groups excluding carboxylic acids is 2. The van der Waals surface area contributed by atoms with Gasteiger partial charge in [0.25, 0.3) is 0 Å². The summed E-state index contributed by atoms with van der Waals surface area (Å²) in [4.78, 5) is 25.0. The van der Waals surface area contributed by atoms with Gasteiger partial charge in [0, 0.05) is 10.1 Å². The van der Waals surface area contributed by atoms with E-state index in [0.29, 0.717) is 17.2 Å². The zero-order chi connectivity index (χ0) is 18.5. The van der Waals surface area contributed by atoms with Gasteiger partial charge in [-0.05, 0) is 30.7 Å². The molecule has 0 atom stereocenters. The van der Waals surface area contributed by atoms with E-state index >= 15 is 0 Å². The fourth-order valence-corrected chi connectivity index (χ4v) is 3.72. The molecule has 0 aliphatic heterocycles. The average Bonchev–Trinajstić information content (AvgIpc) is 3.01. The molecule has 3 aromatic rings. The molecule has 2 aromatic carbocycles. The zero-order valence-electron chi connectivity index (χ0n) is 14.6. The van der Waals surface area contributed by atoms with Crippen molar-refractivity contribution in [1.29, 1.82) is 0 Å². The van der Waals surface area contributed by atoms with Crippen LogP contribution in [-0.4, -0.2) is 25.6 Å². The second-order valence-corrected chi connectivity index (χ2v) is 6.65. The maximum atomic E-state index is 12.5. The topological polar surface area (TPSA) is 64.6 Å². The van der Waals surface area contributed by atoms with Crippen molar-refractivity contribution in [2.24, 2.45) is 0 Å². The monoisotopic (exact) mass is 369 g/mol. The van der Waals surface area contributed by atoms with Crippen molar-refractivity contribution in [3.8, 4) is 5.75 Å². The highest BCUT2D eigenvalue weighted by Gasteiger charge is 2.20. The summed E-state index contributed by atoms with van der Waals surface area (Å²) in [6.45, 7) is 2.52. The molecule has 1 heterocycles. The standard InChI is InChI=1S/C20H19NO4S/c1-3-25-14-10-8-13(9-11-14)12-17(22)21-18-15-6-4-5-7-16(15)26-19(18)20(23)24-2/h4-11H,3,12H2,1-2H3,(H,21,22). The van der Waals surface area contributed by atoms with Crippen molar-refractivity contribution in [3.63, 3.8) is 0 Å². The van der Waals surface area contributed by atoms with Crippen LogP contribution in [0.3, 0.4) is 0 Å². The lowest BCUT2D eigenvalue weighted by Crippen LogP contribution is -2.16. The highest BCUT2D eigenvalue weighted by atomic mass is 32.1. The number of nitrogens with one attached hydrogen (secondary N) is 1. The molecule has 1 N–H and O–H groups in total. The molecule has 5 nitrogen and oxygen atoms in total. The highest BCUT2D eigenvalue weighted by molar-refractivity contribution is 7.21. The average molecular weight is 369 g/mol. The Labute approximate surface area is 155 Å². The highest BCUT2D eigenvalue weighted by Crippen LogP contribution is 2.36. The summed E-state index contributed by atoms with van der Waals surface area (Å²) in [5, 5.41) is 3.71. The van der Waals surface area contributed by atoms with Crippen LogP contribution >= 0.6 is 11.3 Å². The Morgan fingerprint density at radius 3 is 2.50 bits per heavy atom. The van der Waals surface area contributed by atoms with E-state index in [0.717, 1.165) is 21.4 Å². The fourth-order valence-electron chi connectivity index (χ4n) is 2.65. The molecular weight excluding hydrogens is 350 g/mol. The minimum Gasteiger partial charge on any atom is -0.494 e. The number of methoxy groups -OCH3 is 1. The number of thiophene rings is 1. The van der Waals surface area contributed by atoms with E-state index in [1.165, 1.54) is 18.4 Å². The summed E-state index contributed by atoms with van der Waals surface area (Å²) in [6.07, 6.45) is 0.206. The molecule has 1 amide bonds. The number of benzene rings is 2. The lowest BCUT2D eigenvalue weighted by atomic mass is 10.1. The number of rotatable bonds is 6. The Balaban J connectivity index is 1.81. The molecule has 1 aromatic heterocycles. The van der Waals surface area contributed by atoms with E-state index in [-0.39, 0.29) is 12.3 Å². The van der Waals surface area contributed by atoms with Gasteiger partial charge in [0.05, 0.1) is 25.8 Å². The predicted octanol–water partition coefficient (Wildman–Crippen LogP) is 4.27. The largest absolute Gasteiger partial charge is 0.494 e. The third-order valence-corrected chi connectivity index (χ3v) is 4.98. The second kappa shape index (κ2) is 8.01. The SMILES string of the molecule is CCOc1ccc(CC(=O)Nc2c(C(=O)OC)sc3ccccc23)cc1. The molecule has 0 unspecified atom stereocenters. The molecule has 0 spiro atoms. The molecule has 0 bridgehead atoms. The summed E-state index contributed by atoms with van der Waals surface area (Å²) in [5.74, 6) is 0.124. The minimum absolute atomic E-state index is 0.192. The van der Waals surface area contributed by atoms with Crippen molar-refractivity contribution in [3.05, 3.63) is 59.0 Å². The van der Waals surface area contributed by atoms with Gasteiger partial charge in [0.15, 0.2) is 0 Å². The van der Waals surface area contributed by atoms with Crippen LogP contribution < -0.4 is 10.1 Å². The van der Waals surface area contributed by atoms with E-state index in [1.807, 2.05) is 55.5 Å². The molecule has 0 aliphatic carbocycles. The summed E-state index contributed by atoms with van der Waals surface area (Å²) in [7, 11) is 1.33. The van der Waals surface area contributed by atoms with Gasteiger partial charge in [0.2, 0.25) is 5.91 Å². The number of anilines is 1. The molecule has 0 fully saturated rings. The maximum absolute atomic E-state index is 12.5. The van der Waals surface area contributed by atoms with Crippen LogP contribution in [0.25, 0.3) is 10.1 Å². The summed E-state index contributed by atoms with van der Waals surface area (Å²) in [5.41, 5.74) is 1.37. The van der Waals surface area contributed by atoms with Gasteiger partial charge in [0.1, 0.15) is 10.6 Å². The zero-order valence-corrected chi connectivity index (χ0v) is 15.4. The van der Waals surface area contributed by atoms with Gasteiger partial charge >= 0.3 is 5.97 Å². The lowest BCUT2D eigenvalue weighted by molar-refractivity contribution is -0.115. The lowest BCUT2D eigenvalue weighted by Gasteiger charge is -2.08. The third-order valence-electron chi connectivity index (χ3n) is 3.83. The molecule has 0 radical (unpaired) electrons. The van der Waals surface area contributed by atoms with E-state index in [1.54, 1.807) is 0 Å². The number of ether oxygens (including phenoxy) is 2. The molecular formula is C20H19NO4S. The summed E-state index contributed by atoms with van der Waals surface area (Å²) >= 11 is 1.31. The van der Waals surface area contributed by atoms with Crippen molar-refractivity contribution in [2.45, 2.75) is 13.3 Å². The van der Waals surface area contributed by atoms with Gasteiger partial charge < -0.3 is 14.8 Å². The van der Waals surface area contributed by atoms with Crippen LogP contribution in [0.1, 0.15) is 22.2 Å². The van der Waals surface area contributed by atoms with Crippen LogP contribution in [0.4, 0.5) is 5.69 Å². The van der Waals surface area contributed by atoms with Crippen LogP contribution in [-0.2, 0) is 16.0 Å². The number of carbonyl (C=O) groups is 2. The van der Waals surface area contributed by atoms with Crippen LogP contribution in [0, 0.1) is 0 Å². The smallest absolute Gasteiger partial charge is 0.350 e. The summed E-state index contributed by atoms with van der Waals surface area (Å²) in [6, 6.07) is 15.0. The first-order valence-electron chi connectivity index (χ1n) is 8.23. The van der Waals surface area contributed by atoms with Crippen LogP contribution in [0.5, 0.6) is 5.75 Å². The third kappa shape index (κ3) is 3.86. The van der Waals surface area contributed by atoms with Gasteiger partial charge in [-0.1, -0.05) is 30.3 Å². The number of esters is 1. The van der Waals surface area contributed by atoms with Crippen LogP contribution in [0.15, 0.2) is 48.5 Å². The fraction of sp³-hybridized carbons (Fsp3) is 0.200. The van der Waals surface area contributed by atoms with Crippen LogP contribution in [0.2, 0.25) is 0 Å². The van der Waals surface area contributed by atoms with Gasteiger partial charge in [-0.15, -0.1) is 11.3 Å². The predicted molar refractivity (Wildman–Crippen MR) is 103 cm³/mol. The van der Waals surface area contributed by atoms with E-state index in [4.69, 9.17) is 9.47 Å². The number of hydrogen-bond acceptors (Lipinski definition) is 5. The van der Waals surface area contributed by atoms with Crippen molar-refractivity contribution < 1.29 is 19.1 Å². The quantitative estimate of drug-likeness (QED) is 0.659. The number of fused-ring (bicyclic) bond motifs is 1. The van der Waals surface area contributed by atoms with Crippen molar-refractivity contribution in [2.75, 3.05) is 19.0 Å². The van der Waals surface area contributed by atoms with Crippen molar-refractivity contribution in [1.82, 2.24) is 0 Å². The molecule has 6 heteroatoms. The Hall–Kier alpha value is -2.86. The second-order valence-electron chi connectivity index (χ2n) is 5.60. The first kappa shape index (κ1) is 17.9. The maximum Gasteiger partial charge on any atom is 0.350 e. The molecule has 3 rings (SSSR count).